The van der Waals surface area contributed by atoms with E-state index in [4.69, 9.17) is 39.5 Å². The molecule has 6 heteroatoms. The van der Waals surface area contributed by atoms with Crippen molar-refractivity contribution in [3.05, 3.63) is 0 Å². The second kappa shape index (κ2) is 4.28. The number of hydrogen-bond donors (Lipinski definition) is 1. The lowest BCUT2D eigenvalue weighted by Crippen LogP contribution is -2.42. The van der Waals surface area contributed by atoms with E-state index in [2.05, 4.69) is 4.99 Å². The van der Waals surface area contributed by atoms with E-state index in [0.29, 0.717) is 0 Å². The van der Waals surface area contributed by atoms with Gasteiger partial charge in [0.15, 0.2) is 0 Å². The highest BCUT2D eigenvalue weighted by atomic mass is 35.6. The first-order valence-electron chi connectivity index (χ1n) is 4.65. The van der Waals surface area contributed by atoms with Gasteiger partial charge >= 0.3 is 0 Å². The third-order valence-corrected chi connectivity index (χ3v) is 2.85. The molecule has 88 valence electrons. The molecule has 0 saturated heterocycles. The Balaban J connectivity index is 2.88. The van der Waals surface area contributed by atoms with E-state index in [1.807, 2.05) is 13.8 Å². The Morgan fingerprint density at radius 2 is 2.00 bits per heavy atom. The van der Waals surface area contributed by atoms with Crippen molar-refractivity contribution in [2.75, 3.05) is 6.61 Å². The van der Waals surface area contributed by atoms with Gasteiger partial charge in [0.05, 0.1) is 6.10 Å². The molecule has 0 amide bonds. The van der Waals surface area contributed by atoms with Gasteiger partial charge < -0.3 is 9.84 Å². The topological polar surface area (TPSA) is 41.8 Å². The molecule has 1 heterocycles. The minimum absolute atomic E-state index is 0.0506. The van der Waals surface area contributed by atoms with Gasteiger partial charge in [-0.05, 0) is 12.8 Å². The number of nitrogens with zero attached hydrogens (tertiary/aromatic N) is 1. The molecule has 3 nitrogen and oxygen atoms in total. The molecule has 0 aromatic rings. The van der Waals surface area contributed by atoms with Crippen LogP contribution in [0, 0.1) is 5.92 Å². The van der Waals surface area contributed by atoms with Crippen molar-refractivity contribution in [3.63, 3.8) is 0 Å². The van der Waals surface area contributed by atoms with Crippen LogP contribution in [0.25, 0.3) is 0 Å². The number of aliphatic imine (C=N–C) groups is 1. The van der Waals surface area contributed by atoms with Crippen LogP contribution in [0.3, 0.4) is 0 Å². The molecule has 0 saturated carbocycles. The maximum atomic E-state index is 9.95. The molecule has 1 aliphatic heterocycles. The number of halogens is 3. The van der Waals surface area contributed by atoms with Crippen LogP contribution >= 0.6 is 34.8 Å². The molecule has 15 heavy (non-hydrogen) atoms. The summed E-state index contributed by atoms with van der Waals surface area (Å²) in [5, 5.41) is 9.95. The summed E-state index contributed by atoms with van der Waals surface area (Å²) < 4.78 is 3.54. The van der Waals surface area contributed by atoms with E-state index in [9.17, 15) is 5.11 Å². The Bertz CT molecular complexity index is 275. The molecule has 0 radical (unpaired) electrons. The smallest absolute Gasteiger partial charge is 0.266 e. The maximum absolute atomic E-state index is 9.95. The normalized spacial score (nSPS) is 28.9. The van der Waals surface area contributed by atoms with Gasteiger partial charge in [-0.2, -0.15) is 0 Å². The molecule has 1 N–H and O–H groups in total. The zero-order chi connectivity index (χ0) is 11.9. The minimum Gasteiger partial charge on any atom is -0.475 e. The third-order valence-electron chi connectivity index (χ3n) is 2.37. The first-order valence-corrected chi connectivity index (χ1v) is 5.78. The fourth-order valence-electron chi connectivity index (χ4n) is 1.53. The Hall–Kier alpha value is 0.300. The Morgan fingerprint density at radius 1 is 1.47 bits per heavy atom. The van der Waals surface area contributed by atoms with Crippen molar-refractivity contribution in [1.82, 2.24) is 0 Å². The van der Waals surface area contributed by atoms with E-state index >= 15 is 0 Å². The third kappa shape index (κ3) is 2.90. The molecule has 0 bridgehead atoms. The summed E-state index contributed by atoms with van der Waals surface area (Å²) in [4.78, 5) is 4.16. The second-order valence-electron chi connectivity index (χ2n) is 4.25. The van der Waals surface area contributed by atoms with Crippen LogP contribution in [0.4, 0.5) is 0 Å². The van der Waals surface area contributed by atoms with Crippen molar-refractivity contribution < 1.29 is 9.84 Å². The van der Waals surface area contributed by atoms with Gasteiger partial charge in [0.25, 0.3) is 3.79 Å². The lowest BCUT2D eigenvalue weighted by molar-refractivity contribution is 0.0405. The number of alkyl halides is 3. The van der Waals surface area contributed by atoms with Gasteiger partial charge in [-0.15, -0.1) is 0 Å². The average Bonchev–Trinajstić information content (AvgIpc) is 2.47. The molecule has 0 aromatic heterocycles. The van der Waals surface area contributed by atoms with Crippen LogP contribution in [-0.2, 0) is 4.74 Å². The van der Waals surface area contributed by atoms with Gasteiger partial charge in [0, 0.05) is 0 Å². The van der Waals surface area contributed by atoms with E-state index in [0.717, 1.165) is 0 Å². The van der Waals surface area contributed by atoms with E-state index in [-0.39, 0.29) is 18.4 Å². The summed E-state index contributed by atoms with van der Waals surface area (Å²) in [6.07, 6.45) is -0.623. The lowest BCUT2D eigenvalue weighted by Gasteiger charge is -2.28. The van der Waals surface area contributed by atoms with E-state index in [1.54, 1.807) is 6.92 Å². The molecule has 1 rings (SSSR count). The highest BCUT2D eigenvalue weighted by molar-refractivity contribution is 6.76. The van der Waals surface area contributed by atoms with Crippen LogP contribution < -0.4 is 0 Å². The molecule has 0 aromatic carbocycles. The van der Waals surface area contributed by atoms with E-state index in [1.165, 1.54) is 0 Å². The van der Waals surface area contributed by atoms with Crippen LogP contribution in [0.1, 0.15) is 20.8 Å². The van der Waals surface area contributed by atoms with Crippen molar-refractivity contribution >= 4 is 40.7 Å². The van der Waals surface area contributed by atoms with Crippen LogP contribution in [0.15, 0.2) is 4.99 Å². The zero-order valence-electron chi connectivity index (χ0n) is 8.80. The second-order valence-corrected chi connectivity index (χ2v) is 6.53. The molecule has 0 unspecified atom stereocenters. The fraction of sp³-hybridized carbons (Fsp3) is 0.889. The summed E-state index contributed by atoms with van der Waals surface area (Å²) in [5.74, 6) is 0.117. The summed E-state index contributed by atoms with van der Waals surface area (Å²) in [5.41, 5.74) is -0.729. The Kier molecular flexibility index (Phi) is 3.82. The number of hydrogen-bond acceptors (Lipinski definition) is 3. The van der Waals surface area contributed by atoms with Gasteiger partial charge in [-0.25, -0.2) is 4.99 Å². The van der Waals surface area contributed by atoms with Gasteiger partial charge in [-0.1, -0.05) is 48.7 Å². The monoisotopic (exact) mass is 273 g/mol. The minimum atomic E-state index is -1.66. The van der Waals surface area contributed by atoms with E-state index < -0.39 is 15.4 Å². The lowest BCUT2D eigenvalue weighted by atomic mass is 9.89. The first kappa shape index (κ1) is 13.4. The molecule has 1 aliphatic rings. The van der Waals surface area contributed by atoms with Crippen molar-refractivity contribution in [1.29, 1.82) is 0 Å². The Labute approximate surface area is 104 Å². The number of aliphatic hydroxyl groups excluding tert-OH is 1. The van der Waals surface area contributed by atoms with Gasteiger partial charge in [-0.3, -0.25) is 0 Å². The molecule has 0 aliphatic carbocycles. The SMILES string of the molecule is CC(C)[C@H](O)[C@@]1(C)COC(C(Cl)(Cl)Cl)=N1. The largest absolute Gasteiger partial charge is 0.475 e. The molecule has 2 atom stereocenters. The maximum Gasteiger partial charge on any atom is 0.266 e. The zero-order valence-corrected chi connectivity index (χ0v) is 11.1. The number of rotatable bonds is 2. The predicted octanol–water partition coefficient (Wildman–Crippen LogP) is 2.56. The summed E-state index contributed by atoms with van der Waals surface area (Å²) in [7, 11) is 0. The molecular weight excluding hydrogens is 260 g/mol. The first-order chi connectivity index (χ1) is 6.67. The van der Waals surface area contributed by atoms with Gasteiger partial charge in [0.1, 0.15) is 12.1 Å². The highest BCUT2D eigenvalue weighted by Gasteiger charge is 2.45. The predicted molar refractivity (Wildman–Crippen MR) is 62.9 cm³/mol. The summed E-state index contributed by atoms with van der Waals surface area (Å²) >= 11 is 16.9. The van der Waals surface area contributed by atoms with Crippen molar-refractivity contribution in [2.24, 2.45) is 10.9 Å². The van der Waals surface area contributed by atoms with Gasteiger partial charge in [0.2, 0.25) is 5.90 Å². The van der Waals surface area contributed by atoms with Crippen molar-refractivity contribution in [3.8, 4) is 0 Å². The standard InChI is InChI=1S/C9H14Cl3NO2/c1-5(2)6(14)8(3)4-15-7(13-8)9(10,11)12/h5-6,14H,4H2,1-3H3/t6-,8+/m0/s1. The quantitative estimate of drug-likeness (QED) is 0.786. The van der Waals surface area contributed by atoms with Crippen molar-refractivity contribution in [2.45, 2.75) is 36.2 Å². The number of ether oxygens (including phenoxy) is 1. The molecule has 0 fully saturated rings. The molecule has 0 spiro atoms. The van der Waals surface area contributed by atoms with Crippen LogP contribution in [0.5, 0.6) is 0 Å². The Morgan fingerprint density at radius 3 is 2.33 bits per heavy atom. The highest BCUT2D eigenvalue weighted by Crippen LogP contribution is 2.36. The summed E-state index contributed by atoms with van der Waals surface area (Å²) in [6.45, 7) is 5.81. The molecular formula is C9H14Cl3NO2. The fourth-order valence-corrected chi connectivity index (χ4v) is 1.82. The van der Waals surface area contributed by atoms with Crippen LogP contribution in [-0.4, -0.2) is 33.0 Å². The number of aliphatic hydroxyl groups is 1. The average molecular weight is 275 g/mol. The van der Waals surface area contributed by atoms with Crippen LogP contribution in [0.2, 0.25) is 0 Å². The summed E-state index contributed by atoms with van der Waals surface area (Å²) in [6, 6.07) is 0.